The molecule has 3 rings (SSSR count). The third kappa shape index (κ3) is 3.47. The number of nitrogens with zero attached hydrogens (tertiary/aromatic N) is 2. The van der Waals surface area contributed by atoms with E-state index in [0.29, 0.717) is 12.1 Å². The fourth-order valence-electron chi connectivity index (χ4n) is 2.67. The van der Waals surface area contributed by atoms with Crippen LogP contribution >= 0.6 is 0 Å². The van der Waals surface area contributed by atoms with Crippen molar-refractivity contribution in [3.63, 3.8) is 0 Å². The van der Waals surface area contributed by atoms with E-state index in [1.807, 2.05) is 0 Å². The predicted octanol–water partition coefficient (Wildman–Crippen LogP) is 1.83. The number of fused-ring (bicyclic) bond motifs is 1. The average molecular weight is 387 g/mol. The molecule has 3 aromatic rings. The van der Waals surface area contributed by atoms with Gasteiger partial charge in [-0.25, -0.2) is 18.2 Å². The third-order valence-electron chi connectivity index (χ3n) is 3.81. The molecule has 0 radical (unpaired) electrons. The lowest BCUT2D eigenvalue weighted by molar-refractivity contribution is 0.0990. The summed E-state index contributed by atoms with van der Waals surface area (Å²) in [6.07, 6.45) is 0. The Morgan fingerprint density at radius 3 is 2.14 bits per heavy atom. The number of carbonyl (C=O) groups is 2. The van der Waals surface area contributed by atoms with Gasteiger partial charge in [-0.15, -0.1) is 0 Å². The van der Waals surface area contributed by atoms with Crippen molar-refractivity contribution in [2.24, 2.45) is 22.2 Å². The summed E-state index contributed by atoms with van der Waals surface area (Å²) in [5.74, 6) is -5.74. The van der Waals surface area contributed by atoms with Crippen molar-refractivity contribution in [1.82, 2.24) is 4.98 Å². The van der Waals surface area contributed by atoms with Gasteiger partial charge in [0.15, 0.2) is 5.96 Å². The number of amides is 2. The molecule has 0 saturated heterocycles. The number of guanidine groups is 1. The van der Waals surface area contributed by atoms with Gasteiger partial charge >= 0.3 is 0 Å². The molecule has 0 aliphatic heterocycles. The lowest BCUT2D eigenvalue weighted by Crippen LogP contribution is -2.24. The van der Waals surface area contributed by atoms with Gasteiger partial charge < -0.3 is 17.2 Å². The van der Waals surface area contributed by atoms with E-state index in [9.17, 15) is 22.8 Å². The number of hydrogen-bond acceptors (Lipinski definition) is 3. The summed E-state index contributed by atoms with van der Waals surface area (Å²) in [4.78, 5) is 31.0. The van der Waals surface area contributed by atoms with Crippen LogP contribution in [0.5, 0.6) is 0 Å². The zero-order valence-electron chi connectivity index (χ0n) is 14.0. The lowest BCUT2D eigenvalue weighted by atomic mass is 9.97. The van der Waals surface area contributed by atoms with Crippen molar-refractivity contribution in [2.45, 2.75) is 0 Å². The first-order chi connectivity index (χ1) is 13.2. The minimum absolute atomic E-state index is 0.00120. The van der Waals surface area contributed by atoms with Crippen LogP contribution < -0.4 is 17.2 Å². The second kappa shape index (κ2) is 6.99. The molecule has 0 aliphatic rings. The SMILES string of the molecule is NC(=O)c1cc(-c2c(F)cc(F)cc2F)c2cc(C(=O)N=C(N)N)ccc2n1. The lowest BCUT2D eigenvalue weighted by Gasteiger charge is -2.11. The molecule has 2 amide bonds. The summed E-state index contributed by atoms with van der Waals surface area (Å²) in [6, 6.07) is 5.93. The summed E-state index contributed by atoms with van der Waals surface area (Å²) in [5.41, 5.74) is 14.7. The Morgan fingerprint density at radius 1 is 0.929 bits per heavy atom. The Hall–Kier alpha value is -3.95. The van der Waals surface area contributed by atoms with Crippen LogP contribution in [0.1, 0.15) is 20.8 Å². The smallest absolute Gasteiger partial charge is 0.280 e. The van der Waals surface area contributed by atoms with Gasteiger partial charge in [0.1, 0.15) is 23.1 Å². The van der Waals surface area contributed by atoms with Crippen molar-refractivity contribution in [1.29, 1.82) is 0 Å². The predicted molar refractivity (Wildman–Crippen MR) is 95.7 cm³/mol. The molecular formula is C18H12F3N5O2. The van der Waals surface area contributed by atoms with Crippen molar-refractivity contribution in [3.8, 4) is 11.1 Å². The Kier molecular flexibility index (Phi) is 4.70. The van der Waals surface area contributed by atoms with Crippen molar-refractivity contribution < 1.29 is 22.8 Å². The highest BCUT2D eigenvalue weighted by atomic mass is 19.1. The van der Waals surface area contributed by atoms with Gasteiger partial charge in [0.25, 0.3) is 11.8 Å². The van der Waals surface area contributed by atoms with Crippen molar-refractivity contribution in [2.75, 3.05) is 0 Å². The van der Waals surface area contributed by atoms with Crippen molar-refractivity contribution >= 4 is 28.7 Å². The summed E-state index contributed by atoms with van der Waals surface area (Å²) < 4.78 is 42.0. The third-order valence-corrected chi connectivity index (χ3v) is 3.81. The van der Waals surface area contributed by atoms with Crippen LogP contribution in [-0.2, 0) is 0 Å². The second-order valence-corrected chi connectivity index (χ2v) is 5.74. The Balaban J connectivity index is 2.37. The average Bonchev–Trinajstić information content (AvgIpc) is 2.59. The van der Waals surface area contributed by atoms with Gasteiger partial charge in [0, 0.05) is 23.1 Å². The largest absolute Gasteiger partial charge is 0.370 e. The molecule has 2 aromatic carbocycles. The second-order valence-electron chi connectivity index (χ2n) is 5.74. The molecule has 0 aliphatic carbocycles. The number of carbonyl (C=O) groups excluding carboxylic acids is 2. The molecular weight excluding hydrogens is 375 g/mol. The maximum absolute atomic E-state index is 14.4. The van der Waals surface area contributed by atoms with Crippen LogP contribution in [0, 0.1) is 17.5 Å². The molecule has 0 fully saturated rings. The number of hydrogen-bond donors (Lipinski definition) is 3. The first-order valence-electron chi connectivity index (χ1n) is 7.71. The van der Waals surface area contributed by atoms with E-state index in [4.69, 9.17) is 17.2 Å². The topological polar surface area (TPSA) is 137 Å². The van der Waals surface area contributed by atoms with Gasteiger partial charge in [-0.2, -0.15) is 4.99 Å². The van der Waals surface area contributed by atoms with Crippen LogP contribution in [0.15, 0.2) is 41.4 Å². The summed E-state index contributed by atoms with van der Waals surface area (Å²) >= 11 is 0. The van der Waals surface area contributed by atoms with Crippen LogP contribution in [0.2, 0.25) is 0 Å². The van der Waals surface area contributed by atoms with E-state index in [-0.39, 0.29) is 27.7 Å². The molecule has 28 heavy (non-hydrogen) atoms. The standard InChI is InChI=1S/C18H12F3N5O2/c19-8-4-11(20)15(12(21)5-8)10-6-14(16(22)27)25-13-2-1-7(3-9(10)13)17(28)26-18(23)24/h1-6H,(H2,22,27)(H4,23,24,26,28). The normalized spacial score (nSPS) is 10.7. The van der Waals surface area contributed by atoms with Gasteiger partial charge in [-0.3, -0.25) is 9.59 Å². The van der Waals surface area contributed by atoms with Crippen LogP contribution in [-0.4, -0.2) is 22.8 Å². The fraction of sp³-hybridized carbons (Fsp3) is 0. The highest BCUT2D eigenvalue weighted by Crippen LogP contribution is 2.33. The van der Waals surface area contributed by atoms with E-state index >= 15 is 0 Å². The Bertz CT molecular complexity index is 1150. The highest BCUT2D eigenvalue weighted by Gasteiger charge is 2.20. The molecule has 0 spiro atoms. The summed E-state index contributed by atoms with van der Waals surface area (Å²) in [7, 11) is 0. The van der Waals surface area contributed by atoms with E-state index in [2.05, 4.69) is 9.98 Å². The molecule has 142 valence electrons. The number of aliphatic imine (C=N–C) groups is 1. The number of halogens is 3. The summed E-state index contributed by atoms with van der Waals surface area (Å²) in [6.45, 7) is 0. The van der Waals surface area contributed by atoms with E-state index in [1.54, 1.807) is 0 Å². The summed E-state index contributed by atoms with van der Waals surface area (Å²) in [5, 5.41) is 0.103. The van der Waals surface area contributed by atoms with E-state index < -0.39 is 40.8 Å². The van der Waals surface area contributed by atoms with E-state index in [0.717, 1.165) is 6.07 Å². The molecule has 0 saturated carbocycles. The van der Waals surface area contributed by atoms with Gasteiger partial charge in [0.2, 0.25) is 0 Å². The molecule has 0 atom stereocenters. The first-order valence-corrected chi connectivity index (χ1v) is 7.71. The van der Waals surface area contributed by atoms with Crippen molar-refractivity contribution in [3.05, 3.63) is 65.1 Å². The van der Waals surface area contributed by atoms with Gasteiger partial charge in [-0.1, -0.05) is 0 Å². The molecule has 6 N–H and O–H groups in total. The molecule has 7 nitrogen and oxygen atoms in total. The molecule has 0 unspecified atom stereocenters. The maximum atomic E-state index is 14.4. The van der Waals surface area contributed by atoms with Gasteiger partial charge in [0.05, 0.1) is 11.1 Å². The number of aromatic nitrogens is 1. The van der Waals surface area contributed by atoms with Crippen LogP contribution in [0.25, 0.3) is 22.0 Å². The molecule has 10 heteroatoms. The number of rotatable bonds is 3. The maximum Gasteiger partial charge on any atom is 0.280 e. The minimum atomic E-state index is -1.21. The van der Waals surface area contributed by atoms with Crippen LogP contribution in [0.3, 0.4) is 0 Å². The number of primary amides is 1. The molecule has 1 aromatic heterocycles. The molecule has 1 heterocycles. The fourth-order valence-corrected chi connectivity index (χ4v) is 2.67. The number of nitrogens with two attached hydrogens (primary N) is 3. The zero-order chi connectivity index (χ0) is 20.6. The minimum Gasteiger partial charge on any atom is -0.370 e. The Labute approximate surface area is 155 Å². The van der Waals surface area contributed by atoms with Crippen LogP contribution in [0.4, 0.5) is 13.2 Å². The highest BCUT2D eigenvalue weighted by molar-refractivity contribution is 6.07. The zero-order valence-corrected chi connectivity index (χ0v) is 14.0. The van der Waals surface area contributed by atoms with Gasteiger partial charge in [-0.05, 0) is 29.8 Å². The monoisotopic (exact) mass is 387 g/mol. The quantitative estimate of drug-likeness (QED) is 0.465. The van der Waals surface area contributed by atoms with E-state index in [1.165, 1.54) is 18.2 Å². The first kappa shape index (κ1) is 18.8. The molecule has 0 bridgehead atoms. The number of pyridine rings is 1. The Morgan fingerprint density at radius 2 is 1.57 bits per heavy atom. The number of benzene rings is 2.